The Balaban J connectivity index is 2.30. The average Bonchev–Trinajstić information content (AvgIpc) is 3.15. The van der Waals surface area contributed by atoms with Crippen LogP contribution in [0.4, 0.5) is 0 Å². The number of nitrogens with two attached hydrogens (primary N) is 1. The van der Waals surface area contributed by atoms with Crippen LogP contribution in [0.1, 0.15) is 44.2 Å². The largest absolute Gasteiger partial charge is 0.481 e. The molecule has 1 heterocycles. The van der Waals surface area contributed by atoms with Gasteiger partial charge in [0.1, 0.15) is 5.76 Å². The molecule has 6 heteroatoms. The summed E-state index contributed by atoms with van der Waals surface area (Å²) in [6.45, 7) is 2.06. The van der Waals surface area contributed by atoms with Crippen molar-refractivity contribution < 1.29 is 14.7 Å². The van der Waals surface area contributed by atoms with Gasteiger partial charge < -0.3 is 14.5 Å². The quantitative estimate of drug-likeness (QED) is 0.509. The highest BCUT2D eigenvalue weighted by atomic mass is 16.6. The number of imidazole rings is 1. The van der Waals surface area contributed by atoms with E-state index in [0.717, 1.165) is 18.4 Å². The van der Waals surface area contributed by atoms with Gasteiger partial charge in [-0.2, -0.15) is 5.90 Å². The van der Waals surface area contributed by atoms with E-state index >= 15 is 0 Å². The van der Waals surface area contributed by atoms with Crippen LogP contribution in [0, 0.1) is 0 Å². The lowest BCUT2D eigenvalue weighted by molar-refractivity contribution is -0.137. The zero-order chi connectivity index (χ0) is 18.1. The molecule has 2 aromatic rings. The Kier molecular flexibility index (Phi) is 7.22. The van der Waals surface area contributed by atoms with Crippen LogP contribution in [0.3, 0.4) is 0 Å². The number of benzene rings is 1. The maximum Gasteiger partial charge on any atom is 0.303 e. The molecule has 134 valence electrons. The molecule has 3 N–H and O–H groups in total. The predicted octanol–water partition coefficient (Wildman–Crippen LogP) is 3.48. The molecule has 0 radical (unpaired) electrons. The molecule has 0 fully saturated rings. The van der Waals surface area contributed by atoms with Gasteiger partial charge in [-0.3, -0.25) is 4.79 Å². The van der Waals surface area contributed by atoms with Crippen molar-refractivity contribution in [1.82, 2.24) is 9.55 Å². The Bertz CT molecular complexity index is 681. The van der Waals surface area contributed by atoms with Crippen LogP contribution < -0.4 is 5.90 Å². The zero-order valence-corrected chi connectivity index (χ0v) is 14.5. The van der Waals surface area contributed by atoms with Gasteiger partial charge in [0.25, 0.3) is 0 Å². The number of aromatic nitrogens is 2. The minimum absolute atomic E-state index is 0.0262. The SMILES string of the molecule is CC/C(=C(\CCCC(=O)O)ON)C(Cc1ccccc1)n1ccnc1. The van der Waals surface area contributed by atoms with E-state index in [4.69, 9.17) is 15.8 Å². The number of hydrogen-bond donors (Lipinski definition) is 2. The summed E-state index contributed by atoms with van der Waals surface area (Å²) in [6.07, 6.45) is 8.10. The van der Waals surface area contributed by atoms with Crippen molar-refractivity contribution >= 4 is 5.97 Å². The monoisotopic (exact) mass is 343 g/mol. The Hall–Kier alpha value is -2.60. The molecule has 1 aromatic carbocycles. The number of hydrogen-bond acceptors (Lipinski definition) is 4. The summed E-state index contributed by atoms with van der Waals surface area (Å²) in [4.78, 5) is 20.1. The second-order valence-electron chi connectivity index (χ2n) is 5.88. The molecule has 0 aliphatic carbocycles. The summed E-state index contributed by atoms with van der Waals surface area (Å²) >= 11 is 0. The molecule has 0 saturated carbocycles. The number of nitrogens with zero attached hydrogens (tertiary/aromatic N) is 2. The van der Waals surface area contributed by atoms with Crippen molar-refractivity contribution in [3.63, 3.8) is 0 Å². The number of carboxylic acids is 1. The Morgan fingerprint density at radius 3 is 2.64 bits per heavy atom. The minimum atomic E-state index is -0.815. The molecular formula is C19H25N3O3. The van der Waals surface area contributed by atoms with E-state index in [9.17, 15) is 4.79 Å². The van der Waals surface area contributed by atoms with E-state index in [2.05, 4.69) is 24.0 Å². The smallest absolute Gasteiger partial charge is 0.303 e. The fourth-order valence-corrected chi connectivity index (χ4v) is 3.01. The normalized spacial score (nSPS) is 13.2. The minimum Gasteiger partial charge on any atom is -0.481 e. The van der Waals surface area contributed by atoms with Gasteiger partial charge in [-0.1, -0.05) is 37.3 Å². The number of allylic oxidation sites excluding steroid dienone is 2. The van der Waals surface area contributed by atoms with Gasteiger partial charge in [-0.05, 0) is 30.4 Å². The van der Waals surface area contributed by atoms with Gasteiger partial charge in [-0.25, -0.2) is 4.98 Å². The van der Waals surface area contributed by atoms with E-state index in [1.165, 1.54) is 5.56 Å². The molecule has 1 atom stereocenters. The zero-order valence-electron chi connectivity index (χ0n) is 14.5. The van der Waals surface area contributed by atoms with E-state index in [1.807, 2.05) is 29.0 Å². The number of carbonyl (C=O) groups is 1. The van der Waals surface area contributed by atoms with E-state index in [-0.39, 0.29) is 12.5 Å². The molecular weight excluding hydrogens is 318 g/mol. The second-order valence-corrected chi connectivity index (χ2v) is 5.88. The molecule has 0 bridgehead atoms. The first-order valence-corrected chi connectivity index (χ1v) is 8.47. The maximum absolute atomic E-state index is 10.8. The third kappa shape index (κ3) is 5.46. The van der Waals surface area contributed by atoms with Crippen LogP contribution in [-0.4, -0.2) is 20.6 Å². The topological polar surface area (TPSA) is 90.4 Å². The number of rotatable bonds is 10. The van der Waals surface area contributed by atoms with Crippen molar-refractivity contribution in [3.8, 4) is 0 Å². The summed E-state index contributed by atoms with van der Waals surface area (Å²) in [5.41, 5.74) is 2.27. The first-order chi connectivity index (χ1) is 12.2. The van der Waals surface area contributed by atoms with E-state index < -0.39 is 5.97 Å². The summed E-state index contributed by atoms with van der Waals surface area (Å²) in [5.74, 6) is 5.37. The molecule has 0 aliphatic rings. The Morgan fingerprint density at radius 2 is 2.08 bits per heavy atom. The van der Waals surface area contributed by atoms with E-state index in [0.29, 0.717) is 18.6 Å². The van der Waals surface area contributed by atoms with Crippen LogP contribution in [-0.2, 0) is 16.1 Å². The highest BCUT2D eigenvalue weighted by Gasteiger charge is 2.20. The fraction of sp³-hybridized carbons (Fsp3) is 0.368. The van der Waals surface area contributed by atoms with Gasteiger partial charge in [-0.15, -0.1) is 0 Å². The maximum atomic E-state index is 10.8. The van der Waals surface area contributed by atoms with Crippen molar-refractivity contribution in [2.45, 2.75) is 45.1 Å². The highest BCUT2D eigenvalue weighted by Crippen LogP contribution is 2.30. The van der Waals surface area contributed by atoms with Gasteiger partial charge >= 0.3 is 5.97 Å². The molecule has 0 spiro atoms. The van der Waals surface area contributed by atoms with Crippen molar-refractivity contribution in [2.75, 3.05) is 0 Å². The molecule has 0 saturated heterocycles. The van der Waals surface area contributed by atoms with Gasteiger partial charge in [0.2, 0.25) is 0 Å². The van der Waals surface area contributed by atoms with Gasteiger partial charge in [0.15, 0.2) is 0 Å². The first kappa shape index (κ1) is 18.7. The van der Waals surface area contributed by atoms with Crippen LogP contribution in [0.15, 0.2) is 60.4 Å². The average molecular weight is 343 g/mol. The highest BCUT2D eigenvalue weighted by molar-refractivity contribution is 5.66. The van der Waals surface area contributed by atoms with Crippen LogP contribution in [0.5, 0.6) is 0 Å². The standard InChI is InChI=1S/C19H25N3O3/c1-2-16(18(25-20)9-6-10-19(23)24)17(22-12-11-21-14-22)13-15-7-4-3-5-8-15/h3-5,7-8,11-12,14,17H,2,6,9-10,13,20H2,1H3,(H,23,24)/b18-16-. The lowest BCUT2D eigenvalue weighted by Crippen LogP contribution is -2.17. The third-order valence-corrected chi connectivity index (χ3v) is 4.23. The lowest BCUT2D eigenvalue weighted by Gasteiger charge is -2.24. The molecule has 1 aromatic heterocycles. The summed E-state index contributed by atoms with van der Waals surface area (Å²) < 4.78 is 2.04. The van der Waals surface area contributed by atoms with Crippen LogP contribution in [0.2, 0.25) is 0 Å². The Morgan fingerprint density at radius 1 is 1.32 bits per heavy atom. The molecule has 25 heavy (non-hydrogen) atoms. The van der Waals surface area contributed by atoms with Gasteiger partial charge in [0.05, 0.1) is 12.4 Å². The van der Waals surface area contributed by atoms with Crippen molar-refractivity contribution in [3.05, 3.63) is 65.9 Å². The summed E-state index contributed by atoms with van der Waals surface area (Å²) in [7, 11) is 0. The number of aliphatic carboxylic acids is 1. The molecule has 0 amide bonds. The Labute approximate surface area is 147 Å². The molecule has 2 rings (SSSR count). The van der Waals surface area contributed by atoms with Crippen LogP contribution >= 0.6 is 0 Å². The predicted molar refractivity (Wildman–Crippen MR) is 95.5 cm³/mol. The fourth-order valence-electron chi connectivity index (χ4n) is 3.01. The van der Waals surface area contributed by atoms with Crippen molar-refractivity contribution in [2.24, 2.45) is 5.90 Å². The second kappa shape index (κ2) is 9.64. The molecule has 1 unspecified atom stereocenters. The van der Waals surface area contributed by atoms with E-state index in [1.54, 1.807) is 12.5 Å². The lowest BCUT2D eigenvalue weighted by atomic mass is 9.94. The van der Waals surface area contributed by atoms with Crippen molar-refractivity contribution in [1.29, 1.82) is 0 Å². The molecule has 0 aliphatic heterocycles. The first-order valence-electron chi connectivity index (χ1n) is 8.47. The summed E-state index contributed by atoms with van der Waals surface area (Å²) in [5, 5.41) is 8.85. The summed E-state index contributed by atoms with van der Waals surface area (Å²) in [6, 6.07) is 10.2. The number of carboxylic acid groups (broad SMARTS) is 1. The van der Waals surface area contributed by atoms with Crippen LogP contribution in [0.25, 0.3) is 0 Å². The third-order valence-electron chi connectivity index (χ3n) is 4.23. The molecule has 6 nitrogen and oxygen atoms in total. The van der Waals surface area contributed by atoms with Gasteiger partial charge in [0, 0.05) is 25.2 Å².